The lowest BCUT2D eigenvalue weighted by Gasteiger charge is -2.31. The van der Waals surface area contributed by atoms with Crippen LogP contribution in [0, 0.1) is 0 Å². The van der Waals surface area contributed by atoms with Crippen LogP contribution in [0.2, 0.25) is 0 Å². The summed E-state index contributed by atoms with van der Waals surface area (Å²) in [7, 11) is 3.36. The fraction of sp³-hybridized carbons (Fsp3) is 0.594. The van der Waals surface area contributed by atoms with Crippen molar-refractivity contribution in [1.29, 1.82) is 0 Å². The Labute approximate surface area is 243 Å². The Morgan fingerprint density at radius 2 is 1.71 bits per heavy atom. The molecule has 3 rings (SSSR count). The van der Waals surface area contributed by atoms with E-state index in [2.05, 4.69) is 19.2 Å². The number of fused-ring (bicyclic) bond motifs is 1. The Hall–Kier alpha value is -3.01. The Bertz CT molecular complexity index is 1070. The van der Waals surface area contributed by atoms with Crippen LogP contribution in [-0.2, 0) is 23.8 Å². The van der Waals surface area contributed by atoms with Crippen molar-refractivity contribution in [3.05, 3.63) is 53.1 Å². The minimum absolute atomic E-state index is 0.130. The molecule has 9 heteroatoms. The molecule has 1 aliphatic carbocycles. The highest BCUT2D eigenvalue weighted by Crippen LogP contribution is 2.43. The van der Waals surface area contributed by atoms with Crippen molar-refractivity contribution >= 4 is 23.9 Å². The fourth-order valence-electron chi connectivity index (χ4n) is 5.14. The van der Waals surface area contributed by atoms with Crippen molar-refractivity contribution in [1.82, 2.24) is 10.2 Å². The van der Waals surface area contributed by atoms with E-state index in [4.69, 9.17) is 19.3 Å². The van der Waals surface area contributed by atoms with Gasteiger partial charge in [0.15, 0.2) is 5.79 Å². The molecule has 1 aliphatic heterocycles. The summed E-state index contributed by atoms with van der Waals surface area (Å²) < 4.78 is 19.2. The topological polar surface area (TPSA) is 114 Å². The summed E-state index contributed by atoms with van der Waals surface area (Å²) in [6.07, 6.45) is 11.0. The molecule has 2 aliphatic rings. The number of benzene rings is 1. The summed E-state index contributed by atoms with van der Waals surface area (Å²) in [5.74, 6) is -1.76. The van der Waals surface area contributed by atoms with E-state index in [-0.39, 0.29) is 31.4 Å². The maximum atomic E-state index is 13.2. The number of nitrogens with zero attached hydrogens (tertiary/aromatic N) is 1. The van der Waals surface area contributed by atoms with Crippen molar-refractivity contribution in [2.45, 2.75) is 95.7 Å². The van der Waals surface area contributed by atoms with Crippen LogP contribution in [0.4, 0.5) is 0 Å². The number of aliphatic hydroxyl groups is 1. The van der Waals surface area contributed by atoms with Gasteiger partial charge in [-0.1, -0.05) is 51.7 Å². The van der Waals surface area contributed by atoms with Gasteiger partial charge in [0.25, 0.3) is 0 Å². The largest absolute Gasteiger partial charge is 0.456 e. The number of likely N-dealkylation sites (N-methyl/N-ethyl adjacent to an activating group) is 1. The predicted molar refractivity (Wildman–Crippen MR) is 157 cm³/mol. The van der Waals surface area contributed by atoms with Crippen molar-refractivity contribution < 1.29 is 33.7 Å². The fourth-order valence-corrected chi connectivity index (χ4v) is 5.14. The molecule has 1 saturated heterocycles. The Kier molecular flexibility index (Phi) is 12.6. The molecule has 2 amide bonds. The molecule has 0 saturated carbocycles. The van der Waals surface area contributed by atoms with Gasteiger partial charge in [-0.25, -0.2) is 4.79 Å². The number of carbonyl (C=O) groups is 3. The summed E-state index contributed by atoms with van der Waals surface area (Å²) in [6, 6.07) is 6.79. The van der Waals surface area contributed by atoms with Crippen molar-refractivity contribution in [2.24, 2.45) is 0 Å². The third-order valence-corrected chi connectivity index (χ3v) is 7.45. The quantitative estimate of drug-likeness (QED) is 0.183. The average Bonchev–Trinajstić information content (AvgIpc) is 3.33. The molecular formula is C32H46N2O7. The first-order valence-electron chi connectivity index (χ1n) is 14.9. The van der Waals surface area contributed by atoms with Gasteiger partial charge in [0.1, 0.15) is 18.3 Å². The minimum atomic E-state index is -0.782. The molecule has 1 fully saturated rings. The molecule has 9 nitrogen and oxygen atoms in total. The molecule has 1 heterocycles. The number of esters is 1. The normalized spacial score (nSPS) is 21.3. The molecule has 0 unspecified atom stereocenters. The van der Waals surface area contributed by atoms with Crippen LogP contribution in [0.15, 0.2) is 42.0 Å². The summed E-state index contributed by atoms with van der Waals surface area (Å²) in [5.41, 5.74) is 1.58. The first-order valence-corrected chi connectivity index (χ1v) is 14.9. The maximum absolute atomic E-state index is 13.2. The Morgan fingerprint density at radius 1 is 1.05 bits per heavy atom. The van der Waals surface area contributed by atoms with Crippen molar-refractivity contribution in [2.75, 3.05) is 27.2 Å². The van der Waals surface area contributed by atoms with E-state index in [1.54, 1.807) is 50.5 Å². The maximum Gasteiger partial charge on any atom is 0.338 e. The summed E-state index contributed by atoms with van der Waals surface area (Å²) in [6.45, 7) is 4.27. The van der Waals surface area contributed by atoms with E-state index in [1.165, 1.54) is 11.0 Å². The highest BCUT2D eigenvalue weighted by atomic mass is 16.8. The summed E-state index contributed by atoms with van der Waals surface area (Å²) >= 11 is 0. The molecule has 1 aromatic carbocycles. The van der Waals surface area contributed by atoms with Crippen molar-refractivity contribution in [3.8, 4) is 0 Å². The molecule has 0 spiro atoms. The zero-order valence-electron chi connectivity index (χ0n) is 24.9. The average molecular weight is 571 g/mol. The first-order chi connectivity index (χ1) is 19.7. The summed E-state index contributed by atoms with van der Waals surface area (Å²) in [4.78, 5) is 39.4. The monoisotopic (exact) mass is 570 g/mol. The minimum Gasteiger partial charge on any atom is -0.456 e. The number of ether oxygens (including phenoxy) is 3. The van der Waals surface area contributed by atoms with Crippen LogP contribution >= 0.6 is 0 Å². The molecular weight excluding hydrogens is 524 g/mol. The van der Waals surface area contributed by atoms with Gasteiger partial charge in [-0.05, 0) is 42.7 Å². The molecule has 0 bridgehead atoms. The SMILES string of the molecule is CCCCCC1(CCCCC)O[C@@H]2[C@@H](C=C(C(=O)NCCO)C[C@H]2OC(=O)c2ccc(C=CC(=O)N(C)C)cc2)O1. The van der Waals surface area contributed by atoms with E-state index < -0.39 is 30.1 Å². The Morgan fingerprint density at radius 3 is 2.29 bits per heavy atom. The van der Waals surface area contributed by atoms with Gasteiger partial charge in [-0.15, -0.1) is 0 Å². The number of amides is 2. The molecule has 226 valence electrons. The lowest BCUT2D eigenvalue weighted by molar-refractivity contribution is -0.190. The second kappa shape index (κ2) is 15.8. The zero-order chi connectivity index (χ0) is 29.8. The second-order valence-electron chi connectivity index (χ2n) is 11.0. The van der Waals surface area contributed by atoms with E-state index in [0.29, 0.717) is 11.1 Å². The number of nitrogens with one attached hydrogen (secondary N) is 1. The highest BCUT2D eigenvalue weighted by molar-refractivity contribution is 5.94. The Balaban J connectivity index is 1.80. The third kappa shape index (κ3) is 9.24. The lowest BCUT2D eigenvalue weighted by atomic mass is 9.91. The smallest absolute Gasteiger partial charge is 0.338 e. The van der Waals surface area contributed by atoms with Crippen LogP contribution < -0.4 is 5.32 Å². The van der Waals surface area contributed by atoms with Gasteiger partial charge >= 0.3 is 5.97 Å². The molecule has 3 atom stereocenters. The van der Waals surface area contributed by atoms with Gasteiger partial charge in [0.05, 0.1) is 12.2 Å². The van der Waals surface area contributed by atoms with E-state index in [9.17, 15) is 14.4 Å². The standard InChI is InChI=1S/C32H46N2O7/c1-5-7-9-17-32(18-10-8-6-2)40-27-22-25(30(37)33-19-20-35)21-26(29(27)41-32)39-31(38)24-14-11-23(12-15-24)13-16-28(36)34(3)4/h11-16,22,26-27,29,35H,5-10,17-21H2,1-4H3,(H,33,37)/t26-,27-,29+/m1/s1. The summed E-state index contributed by atoms with van der Waals surface area (Å²) in [5, 5.41) is 11.9. The van der Waals surface area contributed by atoms with Gasteiger partial charge in [0.2, 0.25) is 11.8 Å². The second-order valence-corrected chi connectivity index (χ2v) is 11.0. The number of hydrogen-bond donors (Lipinski definition) is 2. The van der Waals surface area contributed by atoms with Crippen LogP contribution in [-0.4, -0.2) is 79.1 Å². The number of aliphatic hydroxyl groups excluding tert-OH is 1. The number of unbranched alkanes of at least 4 members (excludes halogenated alkanes) is 4. The molecule has 2 N–H and O–H groups in total. The first kappa shape index (κ1) is 32.5. The van der Waals surface area contributed by atoms with Crippen LogP contribution in [0.25, 0.3) is 6.08 Å². The van der Waals surface area contributed by atoms with Crippen LogP contribution in [0.1, 0.15) is 87.6 Å². The number of hydrogen-bond acceptors (Lipinski definition) is 7. The zero-order valence-corrected chi connectivity index (χ0v) is 24.9. The highest BCUT2D eigenvalue weighted by Gasteiger charge is 2.52. The van der Waals surface area contributed by atoms with Crippen LogP contribution in [0.3, 0.4) is 0 Å². The molecule has 0 aromatic heterocycles. The van der Waals surface area contributed by atoms with Crippen LogP contribution in [0.5, 0.6) is 0 Å². The van der Waals surface area contributed by atoms with E-state index >= 15 is 0 Å². The third-order valence-electron chi connectivity index (χ3n) is 7.45. The number of rotatable bonds is 15. The van der Waals surface area contributed by atoms with E-state index in [0.717, 1.165) is 56.9 Å². The van der Waals surface area contributed by atoms with Gasteiger partial charge in [-0.2, -0.15) is 0 Å². The van der Waals surface area contributed by atoms with Gasteiger partial charge < -0.3 is 29.5 Å². The molecule has 1 aromatic rings. The predicted octanol–water partition coefficient (Wildman–Crippen LogP) is 4.39. The number of carbonyl (C=O) groups excluding carboxylic acids is 3. The molecule has 0 radical (unpaired) electrons. The lowest BCUT2D eigenvalue weighted by Crippen LogP contribution is -2.43. The van der Waals surface area contributed by atoms with E-state index in [1.807, 2.05) is 0 Å². The van der Waals surface area contributed by atoms with Gasteiger partial charge in [0, 0.05) is 51.6 Å². The molecule has 41 heavy (non-hydrogen) atoms. The van der Waals surface area contributed by atoms with Crippen molar-refractivity contribution in [3.63, 3.8) is 0 Å². The van der Waals surface area contributed by atoms with Gasteiger partial charge in [-0.3, -0.25) is 9.59 Å².